The van der Waals surface area contributed by atoms with Crippen molar-refractivity contribution in [3.8, 4) is 6.07 Å². The third-order valence-electron chi connectivity index (χ3n) is 4.13. The zero-order valence-electron chi connectivity index (χ0n) is 17.2. The van der Waals surface area contributed by atoms with Crippen LogP contribution in [0.5, 0.6) is 0 Å². The lowest BCUT2D eigenvalue weighted by Crippen LogP contribution is -2.32. The Morgan fingerprint density at radius 3 is 2.23 bits per heavy atom. The van der Waals surface area contributed by atoms with E-state index in [1.165, 1.54) is 45.5 Å². The molecular formula is C20H24F3N3O4. The first-order valence-electron chi connectivity index (χ1n) is 9.12. The summed E-state index contributed by atoms with van der Waals surface area (Å²) in [5.41, 5.74) is -0.653. The van der Waals surface area contributed by atoms with E-state index in [1.807, 2.05) is 0 Å². The van der Waals surface area contributed by atoms with Gasteiger partial charge in [0.15, 0.2) is 0 Å². The van der Waals surface area contributed by atoms with E-state index in [0.29, 0.717) is 0 Å². The zero-order valence-corrected chi connectivity index (χ0v) is 17.2. The van der Waals surface area contributed by atoms with Gasteiger partial charge in [-0.2, -0.15) is 23.5 Å². The highest BCUT2D eigenvalue weighted by Gasteiger charge is 2.42. The maximum absolute atomic E-state index is 13.8. The Morgan fingerprint density at radius 1 is 1.20 bits per heavy atom. The number of hydrazone groups is 1. The molecule has 0 aliphatic rings. The van der Waals surface area contributed by atoms with Crippen molar-refractivity contribution in [2.24, 2.45) is 11.0 Å². The number of alkyl halides is 3. The topological polar surface area (TPSA) is 92.0 Å². The Balaban J connectivity index is 3.33. The Bertz CT molecular complexity index is 799. The molecule has 7 nitrogen and oxygen atoms in total. The van der Waals surface area contributed by atoms with E-state index in [1.54, 1.807) is 13.0 Å². The van der Waals surface area contributed by atoms with Crippen LogP contribution < -0.4 is 0 Å². The van der Waals surface area contributed by atoms with Gasteiger partial charge >= 0.3 is 18.1 Å². The minimum absolute atomic E-state index is 0.0608. The SMILES string of the molecule is CCOC(=O)C(C#N)CCC(/C(=N/N(C)C)C(F)(F)F)c1ccc(C(=O)OC)cc1. The van der Waals surface area contributed by atoms with Crippen molar-refractivity contribution in [1.82, 2.24) is 5.01 Å². The molecular weight excluding hydrogens is 403 g/mol. The highest BCUT2D eigenvalue weighted by atomic mass is 19.4. The minimum atomic E-state index is -4.75. The monoisotopic (exact) mass is 427 g/mol. The standard InChI is InChI=1S/C20H24F3N3O4/c1-5-30-19(28)15(12-24)10-11-16(17(20(21,22)23)25-26(2)3)13-6-8-14(9-7-13)18(27)29-4/h6-9,15-16H,5,10-11H2,1-4H3/b25-17-. The number of nitrogens with zero attached hydrogens (tertiary/aromatic N) is 3. The van der Waals surface area contributed by atoms with Gasteiger partial charge in [-0.1, -0.05) is 12.1 Å². The molecule has 1 aromatic rings. The van der Waals surface area contributed by atoms with E-state index in [0.717, 1.165) is 5.01 Å². The fraction of sp³-hybridized carbons (Fsp3) is 0.500. The lowest BCUT2D eigenvalue weighted by Gasteiger charge is -2.24. The lowest BCUT2D eigenvalue weighted by atomic mass is 9.86. The van der Waals surface area contributed by atoms with Gasteiger partial charge in [-0.3, -0.25) is 4.79 Å². The number of hydrogen-bond acceptors (Lipinski definition) is 7. The molecule has 0 aliphatic carbocycles. The fourth-order valence-electron chi connectivity index (χ4n) is 2.78. The maximum atomic E-state index is 13.8. The van der Waals surface area contributed by atoms with Crippen LogP contribution in [0.3, 0.4) is 0 Å². The predicted octanol–water partition coefficient (Wildman–Crippen LogP) is 3.52. The minimum Gasteiger partial charge on any atom is -0.465 e. The summed E-state index contributed by atoms with van der Waals surface area (Å²) >= 11 is 0. The first-order valence-corrected chi connectivity index (χ1v) is 9.12. The highest BCUT2D eigenvalue weighted by Crippen LogP contribution is 2.34. The van der Waals surface area contributed by atoms with E-state index in [9.17, 15) is 28.0 Å². The van der Waals surface area contributed by atoms with Crippen LogP contribution in [-0.4, -0.2) is 56.6 Å². The van der Waals surface area contributed by atoms with Crippen LogP contribution in [0.2, 0.25) is 0 Å². The summed E-state index contributed by atoms with van der Waals surface area (Å²) < 4.78 is 50.7. The average Bonchev–Trinajstić information content (AvgIpc) is 2.69. The van der Waals surface area contributed by atoms with Crippen LogP contribution in [0, 0.1) is 17.2 Å². The normalized spacial score (nSPS) is 13.7. The molecule has 0 saturated heterocycles. The molecule has 0 aromatic heterocycles. The molecule has 0 fully saturated rings. The van der Waals surface area contributed by atoms with Crippen molar-refractivity contribution in [2.75, 3.05) is 27.8 Å². The molecule has 164 valence electrons. The molecule has 0 bridgehead atoms. The van der Waals surface area contributed by atoms with Crippen LogP contribution in [0.4, 0.5) is 13.2 Å². The Morgan fingerprint density at radius 2 is 1.80 bits per heavy atom. The quantitative estimate of drug-likeness (QED) is 0.340. The molecule has 0 saturated carbocycles. The van der Waals surface area contributed by atoms with Crippen molar-refractivity contribution in [3.05, 3.63) is 35.4 Å². The molecule has 0 heterocycles. The fourth-order valence-corrected chi connectivity index (χ4v) is 2.78. The summed E-state index contributed by atoms with van der Waals surface area (Å²) in [5, 5.41) is 13.9. The molecule has 30 heavy (non-hydrogen) atoms. The predicted molar refractivity (Wildman–Crippen MR) is 103 cm³/mol. The molecule has 0 radical (unpaired) electrons. The first-order chi connectivity index (χ1) is 14.0. The number of rotatable bonds is 9. The third kappa shape index (κ3) is 7.06. The van der Waals surface area contributed by atoms with E-state index >= 15 is 0 Å². The van der Waals surface area contributed by atoms with Crippen LogP contribution in [0.1, 0.15) is 41.6 Å². The molecule has 0 N–H and O–H groups in total. The van der Waals surface area contributed by atoms with Crippen molar-refractivity contribution in [3.63, 3.8) is 0 Å². The van der Waals surface area contributed by atoms with Gasteiger partial charge in [0.1, 0.15) is 11.6 Å². The van der Waals surface area contributed by atoms with E-state index in [2.05, 4.69) is 9.84 Å². The maximum Gasteiger partial charge on any atom is 0.431 e. The molecule has 10 heteroatoms. The van der Waals surface area contributed by atoms with Gasteiger partial charge in [0.25, 0.3) is 0 Å². The average molecular weight is 427 g/mol. The van der Waals surface area contributed by atoms with Crippen molar-refractivity contribution in [2.45, 2.75) is 31.9 Å². The second kappa shape index (κ2) is 11.2. The smallest absolute Gasteiger partial charge is 0.431 e. The van der Waals surface area contributed by atoms with Gasteiger partial charge in [-0.05, 0) is 37.5 Å². The van der Waals surface area contributed by atoms with Crippen LogP contribution in [0.25, 0.3) is 0 Å². The summed E-state index contributed by atoms with van der Waals surface area (Å²) in [4.78, 5) is 23.5. The number of ether oxygens (including phenoxy) is 2. The number of carbonyl (C=O) groups is 2. The number of halogens is 3. The van der Waals surface area contributed by atoms with Crippen LogP contribution in [-0.2, 0) is 14.3 Å². The summed E-state index contributed by atoms with van der Waals surface area (Å²) in [6.45, 7) is 1.63. The summed E-state index contributed by atoms with van der Waals surface area (Å²) in [7, 11) is 3.92. The Hall–Kier alpha value is -3.09. The first kappa shape index (κ1) is 24.9. The Labute approximate surface area is 173 Å². The van der Waals surface area contributed by atoms with Gasteiger partial charge in [-0.25, -0.2) is 4.79 Å². The van der Waals surface area contributed by atoms with Crippen molar-refractivity contribution >= 4 is 17.7 Å². The number of carbonyl (C=O) groups excluding carboxylic acids is 2. The van der Waals surface area contributed by atoms with Gasteiger partial charge < -0.3 is 14.5 Å². The summed E-state index contributed by atoms with van der Waals surface area (Å²) in [6.07, 6.45) is -5.08. The number of methoxy groups -OCH3 is 1. The number of esters is 2. The molecule has 1 aromatic carbocycles. The number of benzene rings is 1. The van der Waals surface area contributed by atoms with Crippen molar-refractivity contribution in [1.29, 1.82) is 5.26 Å². The molecule has 1 rings (SSSR count). The zero-order chi connectivity index (χ0) is 22.9. The second-order valence-electron chi connectivity index (χ2n) is 6.51. The van der Waals surface area contributed by atoms with Crippen LogP contribution in [0.15, 0.2) is 29.4 Å². The van der Waals surface area contributed by atoms with Gasteiger partial charge in [0.2, 0.25) is 0 Å². The van der Waals surface area contributed by atoms with Crippen molar-refractivity contribution < 1.29 is 32.2 Å². The van der Waals surface area contributed by atoms with Gasteiger partial charge in [0, 0.05) is 20.0 Å². The highest BCUT2D eigenvalue weighted by molar-refractivity contribution is 5.96. The molecule has 0 amide bonds. The van der Waals surface area contributed by atoms with E-state index < -0.39 is 35.7 Å². The molecule has 0 aliphatic heterocycles. The third-order valence-corrected chi connectivity index (χ3v) is 4.13. The van der Waals surface area contributed by atoms with Gasteiger partial charge in [-0.15, -0.1) is 0 Å². The summed E-state index contributed by atoms with van der Waals surface area (Å²) in [5.74, 6) is -3.86. The largest absolute Gasteiger partial charge is 0.465 e. The number of hydrogen-bond donors (Lipinski definition) is 0. The van der Waals surface area contributed by atoms with E-state index in [4.69, 9.17) is 4.74 Å². The number of nitriles is 1. The molecule has 0 spiro atoms. The van der Waals surface area contributed by atoms with E-state index in [-0.39, 0.29) is 30.6 Å². The molecule has 2 unspecified atom stereocenters. The Kier molecular flexibility index (Phi) is 9.30. The van der Waals surface area contributed by atoms with Crippen LogP contribution >= 0.6 is 0 Å². The summed E-state index contributed by atoms with van der Waals surface area (Å²) in [6, 6.07) is 7.23. The lowest BCUT2D eigenvalue weighted by molar-refractivity contribution is -0.146. The molecule has 2 atom stereocenters. The van der Waals surface area contributed by atoms with Gasteiger partial charge in [0.05, 0.1) is 25.3 Å². The second-order valence-corrected chi connectivity index (χ2v) is 6.51.